The molecule has 4 aliphatic heterocycles. The van der Waals surface area contributed by atoms with Crippen LogP contribution in [0.25, 0.3) is 0 Å². The summed E-state index contributed by atoms with van der Waals surface area (Å²) in [6.45, 7) is 1.20. The van der Waals surface area contributed by atoms with Crippen LogP contribution >= 0.6 is 0 Å². The summed E-state index contributed by atoms with van der Waals surface area (Å²) < 4.78 is 0. The summed E-state index contributed by atoms with van der Waals surface area (Å²) in [4.78, 5) is 0. The molecule has 4 heterocycles. The number of rotatable bonds is 1. The van der Waals surface area contributed by atoms with E-state index in [2.05, 4.69) is 16.0 Å². The van der Waals surface area contributed by atoms with Crippen LogP contribution in [-0.4, -0.2) is 36.8 Å². The molecule has 0 aromatic rings. The zero-order valence-corrected chi connectivity index (χ0v) is 9.21. The highest BCUT2D eigenvalue weighted by atomic mass is 15.2. The van der Waals surface area contributed by atoms with E-state index < -0.39 is 0 Å². The van der Waals surface area contributed by atoms with Gasteiger partial charge in [0.15, 0.2) is 0 Å². The van der Waals surface area contributed by atoms with Gasteiger partial charge in [0, 0.05) is 36.8 Å². The average Bonchev–Trinajstić information content (AvgIpc) is 2.92. The van der Waals surface area contributed by atoms with E-state index in [-0.39, 0.29) is 0 Å². The van der Waals surface area contributed by atoms with Crippen molar-refractivity contribution in [2.45, 2.75) is 62.3 Å². The maximum Gasteiger partial charge on any atom is 0.0381 e. The SMILES string of the molecule is C1CC2CCC1NC2C1NC2CNC1C2. The van der Waals surface area contributed by atoms with Crippen LogP contribution in [-0.2, 0) is 0 Å². The molecule has 84 valence electrons. The fraction of sp³-hybridized carbons (Fsp3) is 1.00. The summed E-state index contributed by atoms with van der Waals surface area (Å²) >= 11 is 0. The summed E-state index contributed by atoms with van der Waals surface area (Å²) in [7, 11) is 0. The van der Waals surface area contributed by atoms with Gasteiger partial charge in [-0.3, -0.25) is 0 Å². The van der Waals surface area contributed by atoms with Crippen LogP contribution in [0.3, 0.4) is 0 Å². The Labute approximate surface area is 91.4 Å². The van der Waals surface area contributed by atoms with Gasteiger partial charge in [-0.2, -0.15) is 0 Å². The van der Waals surface area contributed by atoms with Crippen LogP contribution in [0.5, 0.6) is 0 Å². The molecular formula is C12H21N3. The molecule has 0 aromatic heterocycles. The molecule has 1 saturated carbocycles. The molecule has 4 atom stereocenters. The van der Waals surface area contributed by atoms with Gasteiger partial charge < -0.3 is 16.0 Å². The Bertz CT molecular complexity index is 260. The molecule has 5 rings (SSSR count). The first-order chi connectivity index (χ1) is 7.40. The van der Waals surface area contributed by atoms with Crippen molar-refractivity contribution in [2.24, 2.45) is 5.92 Å². The molecule has 4 bridgehead atoms. The van der Waals surface area contributed by atoms with Crippen molar-refractivity contribution in [1.82, 2.24) is 16.0 Å². The maximum absolute atomic E-state index is 3.88. The minimum Gasteiger partial charge on any atom is -0.311 e. The van der Waals surface area contributed by atoms with Crippen molar-refractivity contribution in [3.05, 3.63) is 0 Å². The van der Waals surface area contributed by atoms with Crippen molar-refractivity contribution in [2.75, 3.05) is 6.54 Å². The first-order valence-corrected chi connectivity index (χ1v) is 6.65. The van der Waals surface area contributed by atoms with E-state index in [0.29, 0.717) is 0 Å². The second-order valence-corrected chi connectivity index (χ2v) is 5.94. The molecule has 5 aliphatic rings. The molecule has 0 radical (unpaired) electrons. The minimum atomic E-state index is 0.719. The lowest BCUT2D eigenvalue weighted by molar-refractivity contribution is 0.112. The Hall–Kier alpha value is -0.120. The highest BCUT2D eigenvalue weighted by Crippen LogP contribution is 2.37. The van der Waals surface area contributed by atoms with Crippen molar-refractivity contribution in [3.8, 4) is 0 Å². The molecule has 3 N–H and O–H groups in total. The monoisotopic (exact) mass is 207 g/mol. The molecule has 5 fully saturated rings. The van der Waals surface area contributed by atoms with Crippen LogP contribution in [0.15, 0.2) is 0 Å². The third-order valence-electron chi connectivity index (χ3n) is 5.12. The van der Waals surface area contributed by atoms with E-state index in [0.717, 1.165) is 36.1 Å². The highest BCUT2D eigenvalue weighted by molar-refractivity contribution is 5.10. The lowest BCUT2D eigenvalue weighted by atomic mass is 9.73. The Morgan fingerprint density at radius 2 is 1.60 bits per heavy atom. The Morgan fingerprint density at radius 3 is 2.13 bits per heavy atom. The van der Waals surface area contributed by atoms with Crippen molar-refractivity contribution in [3.63, 3.8) is 0 Å². The molecule has 4 unspecified atom stereocenters. The van der Waals surface area contributed by atoms with Gasteiger partial charge in [-0.05, 0) is 38.0 Å². The first-order valence-electron chi connectivity index (χ1n) is 6.65. The molecule has 0 amide bonds. The fourth-order valence-electron chi connectivity index (χ4n) is 4.36. The number of hydrogen-bond donors (Lipinski definition) is 3. The van der Waals surface area contributed by atoms with E-state index >= 15 is 0 Å². The predicted molar refractivity (Wildman–Crippen MR) is 59.8 cm³/mol. The van der Waals surface area contributed by atoms with Gasteiger partial charge in [0.1, 0.15) is 0 Å². The zero-order chi connectivity index (χ0) is 9.83. The highest BCUT2D eigenvalue weighted by Gasteiger charge is 2.47. The lowest BCUT2D eigenvalue weighted by Crippen LogP contribution is -2.65. The van der Waals surface area contributed by atoms with Gasteiger partial charge in [0.25, 0.3) is 0 Å². The van der Waals surface area contributed by atoms with Gasteiger partial charge in [-0.15, -0.1) is 0 Å². The van der Waals surface area contributed by atoms with Crippen LogP contribution < -0.4 is 16.0 Å². The van der Waals surface area contributed by atoms with E-state index in [4.69, 9.17) is 0 Å². The van der Waals surface area contributed by atoms with Crippen LogP contribution in [0, 0.1) is 5.92 Å². The molecule has 1 aliphatic carbocycles. The van der Waals surface area contributed by atoms with Crippen molar-refractivity contribution < 1.29 is 0 Å². The minimum absolute atomic E-state index is 0.719. The van der Waals surface area contributed by atoms with E-state index in [1.54, 1.807) is 0 Å². The fourth-order valence-corrected chi connectivity index (χ4v) is 4.36. The van der Waals surface area contributed by atoms with E-state index in [1.807, 2.05) is 0 Å². The average molecular weight is 207 g/mol. The van der Waals surface area contributed by atoms with E-state index in [1.165, 1.54) is 38.6 Å². The molecule has 4 saturated heterocycles. The van der Waals surface area contributed by atoms with Crippen molar-refractivity contribution in [1.29, 1.82) is 0 Å². The number of nitrogens with one attached hydrogen (secondary N) is 3. The van der Waals surface area contributed by atoms with Gasteiger partial charge in [0.2, 0.25) is 0 Å². The van der Waals surface area contributed by atoms with Gasteiger partial charge in [-0.25, -0.2) is 0 Å². The number of piperazine rings is 1. The van der Waals surface area contributed by atoms with Gasteiger partial charge in [0.05, 0.1) is 0 Å². The predicted octanol–water partition coefficient (Wildman–Crippen LogP) is 0.219. The standard InChI is InChI=1S/C12H21N3/c1-3-8-4-2-7(1)11(14-8)12-10-5-9(15-12)6-13-10/h7-15H,1-6H2. The smallest absolute Gasteiger partial charge is 0.0381 e. The number of fused-ring (bicyclic) bond motifs is 5. The largest absolute Gasteiger partial charge is 0.311 e. The first kappa shape index (κ1) is 8.97. The zero-order valence-electron chi connectivity index (χ0n) is 9.21. The quantitative estimate of drug-likeness (QED) is 0.576. The summed E-state index contributed by atoms with van der Waals surface area (Å²) in [5.41, 5.74) is 0. The Balaban J connectivity index is 1.53. The third-order valence-corrected chi connectivity index (χ3v) is 5.12. The molecule has 3 nitrogen and oxygen atoms in total. The Morgan fingerprint density at radius 1 is 0.800 bits per heavy atom. The normalized spacial score (nSPS) is 57.6. The molecule has 0 spiro atoms. The second-order valence-electron chi connectivity index (χ2n) is 5.94. The van der Waals surface area contributed by atoms with Gasteiger partial charge >= 0.3 is 0 Å². The molecule has 15 heavy (non-hydrogen) atoms. The topological polar surface area (TPSA) is 36.1 Å². The summed E-state index contributed by atoms with van der Waals surface area (Å²) in [5, 5.41) is 11.4. The summed E-state index contributed by atoms with van der Waals surface area (Å²) in [6.07, 6.45) is 7.15. The maximum atomic E-state index is 3.88. The number of piperidine rings is 2. The Kier molecular flexibility index (Phi) is 1.91. The summed E-state index contributed by atoms with van der Waals surface area (Å²) in [5.74, 6) is 0.952. The second kappa shape index (κ2) is 3.19. The summed E-state index contributed by atoms with van der Waals surface area (Å²) in [6, 6.07) is 3.84. The van der Waals surface area contributed by atoms with Crippen LogP contribution in [0.1, 0.15) is 32.1 Å². The van der Waals surface area contributed by atoms with Crippen molar-refractivity contribution >= 4 is 0 Å². The molecular weight excluding hydrogens is 186 g/mol. The number of hydrogen-bond acceptors (Lipinski definition) is 3. The van der Waals surface area contributed by atoms with E-state index in [9.17, 15) is 0 Å². The van der Waals surface area contributed by atoms with Gasteiger partial charge in [-0.1, -0.05) is 0 Å². The molecule has 0 aromatic carbocycles. The third kappa shape index (κ3) is 1.30. The van der Waals surface area contributed by atoms with Crippen LogP contribution in [0.4, 0.5) is 0 Å². The van der Waals surface area contributed by atoms with Crippen LogP contribution in [0.2, 0.25) is 0 Å². The molecule has 3 heteroatoms. The lowest BCUT2D eigenvalue weighted by Gasteiger charge is -2.48.